The Morgan fingerprint density at radius 2 is 1.68 bits per heavy atom. The van der Waals surface area contributed by atoms with E-state index in [0.717, 1.165) is 6.07 Å². The topological polar surface area (TPSA) is 76.1 Å². The second kappa shape index (κ2) is 9.37. The summed E-state index contributed by atoms with van der Waals surface area (Å²) in [6.45, 7) is 0. The number of halogens is 3. The van der Waals surface area contributed by atoms with E-state index in [4.69, 9.17) is 32.7 Å². The maximum atomic E-state index is 14.4. The van der Waals surface area contributed by atoms with Crippen LogP contribution >= 0.6 is 23.2 Å². The maximum Gasteiger partial charge on any atom is 0.294 e. The quantitative estimate of drug-likeness (QED) is 0.423. The fourth-order valence-electron chi connectivity index (χ4n) is 3.87. The lowest BCUT2D eigenvalue weighted by Crippen LogP contribution is -2.31. The van der Waals surface area contributed by atoms with Crippen molar-refractivity contribution in [2.24, 2.45) is 0 Å². The fraction of sp³-hybridized carbons (Fsp3) is 0.120. The lowest BCUT2D eigenvalue weighted by Gasteiger charge is -2.27. The molecule has 0 fully saturated rings. The molecule has 1 aliphatic heterocycles. The van der Waals surface area contributed by atoms with Gasteiger partial charge in [-0.25, -0.2) is 4.39 Å². The smallest absolute Gasteiger partial charge is 0.294 e. The molecule has 3 aromatic rings. The van der Waals surface area contributed by atoms with E-state index in [1.165, 1.54) is 49.5 Å². The first-order chi connectivity index (χ1) is 16.3. The van der Waals surface area contributed by atoms with Gasteiger partial charge in [-0.15, -0.1) is 0 Å². The molecular formula is C25H18Cl2FNO5. The number of amides is 1. The Morgan fingerprint density at radius 3 is 2.32 bits per heavy atom. The number of ether oxygens (including phenoxy) is 2. The van der Waals surface area contributed by atoms with Crippen molar-refractivity contribution in [2.45, 2.75) is 6.04 Å². The van der Waals surface area contributed by atoms with Crippen LogP contribution in [0.2, 0.25) is 10.0 Å². The highest BCUT2D eigenvalue weighted by Crippen LogP contribution is 2.44. The van der Waals surface area contributed by atoms with Crippen molar-refractivity contribution in [1.29, 1.82) is 0 Å². The summed E-state index contributed by atoms with van der Waals surface area (Å²) in [4.78, 5) is 28.0. The number of nitrogens with zero attached hydrogens (tertiary/aromatic N) is 1. The molecular weight excluding hydrogens is 484 g/mol. The van der Waals surface area contributed by atoms with Crippen LogP contribution in [0.3, 0.4) is 0 Å². The first-order valence-electron chi connectivity index (χ1n) is 10.0. The number of benzene rings is 3. The third kappa shape index (κ3) is 3.97. The first-order valence-corrected chi connectivity index (χ1v) is 10.8. The van der Waals surface area contributed by atoms with E-state index >= 15 is 0 Å². The average Bonchev–Trinajstić information content (AvgIpc) is 3.10. The lowest BCUT2D eigenvalue weighted by molar-refractivity contribution is -0.117. The second-order valence-electron chi connectivity index (χ2n) is 7.36. The number of carbonyl (C=O) groups is 2. The zero-order valence-corrected chi connectivity index (χ0v) is 19.5. The molecule has 9 heteroatoms. The minimum Gasteiger partial charge on any atom is -0.503 e. The molecule has 0 saturated carbocycles. The van der Waals surface area contributed by atoms with Crippen LogP contribution in [0.15, 0.2) is 72.0 Å². The number of methoxy groups -OCH3 is 2. The van der Waals surface area contributed by atoms with E-state index < -0.39 is 29.3 Å². The summed E-state index contributed by atoms with van der Waals surface area (Å²) in [5.74, 6) is -2.28. The van der Waals surface area contributed by atoms with Crippen LogP contribution in [0.5, 0.6) is 11.5 Å². The zero-order valence-electron chi connectivity index (χ0n) is 18.0. The van der Waals surface area contributed by atoms with Crippen molar-refractivity contribution < 1.29 is 28.6 Å². The summed E-state index contributed by atoms with van der Waals surface area (Å²) in [7, 11) is 2.90. The van der Waals surface area contributed by atoms with Crippen LogP contribution in [-0.4, -0.2) is 31.0 Å². The van der Waals surface area contributed by atoms with Crippen molar-refractivity contribution in [3.05, 3.63) is 99.0 Å². The highest BCUT2D eigenvalue weighted by molar-refractivity contribution is 6.35. The number of aliphatic hydroxyl groups excluding tert-OH is 1. The van der Waals surface area contributed by atoms with E-state index in [1.807, 2.05) is 0 Å². The normalized spacial score (nSPS) is 15.6. The predicted molar refractivity (Wildman–Crippen MR) is 127 cm³/mol. The van der Waals surface area contributed by atoms with Crippen LogP contribution < -0.4 is 14.4 Å². The third-order valence-corrected chi connectivity index (χ3v) is 6.11. The van der Waals surface area contributed by atoms with E-state index in [9.17, 15) is 19.1 Å². The first kappa shape index (κ1) is 23.6. The van der Waals surface area contributed by atoms with Gasteiger partial charge >= 0.3 is 0 Å². The molecule has 0 aliphatic carbocycles. The molecule has 1 amide bonds. The minimum absolute atomic E-state index is 0.0899. The SMILES string of the molecule is COc1ccc(N2C(=O)C(O)=C(C(=O)c3ccccc3Cl)C2c2ccc(Cl)c(F)c2)cc1OC. The monoisotopic (exact) mass is 501 g/mol. The summed E-state index contributed by atoms with van der Waals surface area (Å²) >= 11 is 12.1. The highest BCUT2D eigenvalue weighted by Gasteiger charge is 2.45. The Morgan fingerprint density at radius 1 is 0.971 bits per heavy atom. The summed E-state index contributed by atoms with van der Waals surface area (Å²) in [6, 6.07) is 13.7. The number of carbonyl (C=O) groups excluding carboxylic acids is 2. The Balaban J connectivity index is 1.92. The molecule has 0 saturated heterocycles. The number of rotatable bonds is 6. The van der Waals surface area contributed by atoms with Gasteiger partial charge in [-0.3, -0.25) is 14.5 Å². The summed E-state index contributed by atoms with van der Waals surface area (Å²) in [5.41, 5.74) is 0.364. The van der Waals surface area contributed by atoms with E-state index in [-0.39, 0.29) is 32.4 Å². The van der Waals surface area contributed by atoms with Gasteiger partial charge in [-0.2, -0.15) is 0 Å². The van der Waals surface area contributed by atoms with Gasteiger partial charge < -0.3 is 14.6 Å². The minimum atomic E-state index is -1.17. The molecule has 0 spiro atoms. The Bertz CT molecular complexity index is 1340. The predicted octanol–water partition coefficient (Wildman–Crippen LogP) is 5.93. The van der Waals surface area contributed by atoms with Crippen molar-refractivity contribution in [3.8, 4) is 11.5 Å². The van der Waals surface area contributed by atoms with E-state index in [2.05, 4.69) is 0 Å². The van der Waals surface area contributed by atoms with Crippen molar-refractivity contribution in [2.75, 3.05) is 19.1 Å². The van der Waals surface area contributed by atoms with Gasteiger partial charge in [0.2, 0.25) is 0 Å². The largest absolute Gasteiger partial charge is 0.503 e. The molecule has 1 unspecified atom stereocenters. The molecule has 0 bridgehead atoms. The number of anilines is 1. The van der Waals surface area contributed by atoms with Gasteiger partial charge in [0.05, 0.1) is 35.9 Å². The summed E-state index contributed by atoms with van der Waals surface area (Å²) < 4.78 is 25.0. The van der Waals surface area contributed by atoms with Gasteiger partial charge in [0.25, 0.3) is 5.91 Å². The molecule has 1 N–H and O–H groups in total. The van der Waals surface area contributed by atoms with Gasteiger partial charge in [-0.1, -0.05) is 41.4 Å². The van der Waals surface area contributed by atoms with Crippen LogP contribution in [0.25, 0.3) is 0 Å². The molecule has 34 heavy (non-hydrogen) atoms. The summed E-state index contributed by atoms with van der Waals surface area (Å²) in [6.07, 6.45) is 0. The Kier molecular flexibility index (Phi) is 6.50. The number of ketones is 1. The standard InChI is InChI=1S/C25H18Cl2FNO5/c1-33-19-10-8-14(12-20(19)34-2)29-22(13-7-9-17(27)18(28)11-13)21(24(31)25(29)32)23(30)15-5-3-4-6-16(15)26/h3-12,22,31H,1-2H3. The van der Waals surface area contributed by atoms with Crippen LogP contribution in [-0.2, 0) is 4.79 Å². The Labute approximate surface area is 204 Å². The average molecular weight is 502 g/mol. The molecule has 1 atom stereocenters. The Hall–Kier alpha value is -3.55. The van der Waals surface area contributed by atoms with Crippen LogP contribution in [0.1, 0.15) is 22.0 Å². The van der Waals surface area contributed by atoms with Crippen molar-refractivity contribution in [1.82, 2.24) is 0 Å². The van der Waals surface area contributed by atoms with Crippen LogP contribution in [0.4, 0.5) is 10.1 Å². The molecule has 1 aliphatic rings. The molecule has 174 valence electrons. The van der Waals surface area contributed by atoms with Gasteiger partial charge in [0.1, 0.15) is 5.82 Å². The van der Waals surface area contributed by atoms with Gasteiger partial charge in [0.15, 0.2) is 23.0 Å². The number of aliphatic hydroxyl groups is 1. The van der Waals surface area contributed by atoms with Crippen molar-refractivity contribution in [3.63, 3.8) is 0 Å². The summed E-state index contributed by atoms with van der Waals surface area (Å²) in [5, 5.41) is 10.9. The van der Waals surface area contributed by atoms with Gasteiger partial charge in [-0.05, 0) is 42.0 Å². The number of hydrogen-bond acceptors (Lipinski definition) is 5. The maximum absolute atomic E-state index is 14.4. The van der Waals surface area contributed by atoms with Crippen LogP contribution in [0, 0.1) is 5.82 Å². The molecule has 0 aromatic heterocycles. The lowest BCUT2D eigenvalue weighted by atomic mass is 9.92. The number of Topliss-reactive ketones (excluding diaryl/α,β-unsaturated/α-hetero) is 1. The van der Waals surface area contributed by atoms with E-state index in [1.54, 1.807) is 24.3 Å². The van der Waals surface area contributed by atoms with Gasteiger partial charge in [0, 0.05) is 17.3 Å². The molecule has 1 heterocycles. The fourth-order valence-corrected chi connectivity index (χ4v) is 4.21. The molecule has 6 nitrogen and oxygen atoms in total. The molecule has 0 radical (unpaired) electrons. The molecule has 4 rings (SSSR count). The van der Waals surface area contributed by atoms with Crippen molar-refractivity contribution >= 4 is 40.6 Å². The number of hydrogen-bond donors (Lipinski definition) is 1. The molecule has 3 aromatic carbocycles. The highest BCUT2D eigenvalue weighted by atomic mass is 35.5. The second-order valence-corrected chi connectivity index (χ2v) is 8.18. The third-order valence-electron chi connectivity index (χ3n) is 5.48. The van der Waals surface area contributed by atoms with E-state index in [0.29, 0.717) is 11.5 Å². The zero-order chi connectivity index (χ0) is 24.6.